The van der Waals surface area contributed by atoms with Crippen molar-refractivity contribution in [3.8, 4) is 0 Å². The molecule has 2 aromatic rings. The van der Waals surface area contributed by atoms with Gasteiger partial charge in [0, 0.05) is 5.38 Å². The average Bonchev–Trinajstić information content (AvgIpc) is 3.47. The van der Waals surface area contributed by atoms with Crippen LogP contribution in [0.2, 0.25) is 0 Å². The molecule has 3 rings (SSSR count). The van der Waals surface area contributed by atoms with Crippen LogP contribution in [0, 0.1) is 6.92 Å². The number of rotatable bonds is 10. The van der Waals surface area contributed by atoms with Gasteiger partial charge in [-0.3, -0.25) is 19.5 Å². The van der Waals surface area contributed by atoms with Gasteiger partial charge in [-0.2, -0.15) is 13.5 Å². The zero-order valence-corrected chi connectivity index (χ0v) is 27.8. The van der Waals surface area contributed by atoms with E-state index in [-0.39, 0.29) is 21.7 Å². The number of oxime groups is 1. The average molecular weight is 673 g/mol. The molecule has 1 saturated heterocycles. The number of esters is 1. The molecule has 20 heteroatoms. The van der Waals surface area contributed by atoms with Crippen molar-refractivity contribution in [2.45, 2.75) is 97.7 Å². The number of aromatic nitrogens is 4. The Bertz CT molecular complexity index is 1600. The lowest BCUT2D eigenvalue weighted by molar-refractivity contribution is -0.179. The monoisotopic (exact) mass is 672 g/mol. The van der Waals surface area contributed by atoms with Crippen LogP contribution in [0.25, 0.3) is 0 Å². The molecule has 1 aliphatic heterocycles. The molecular formula is C25H36N8O10S2. The standard InChI is InChI=1S/C25H36N8O10S2/c1-13-26-12-27-32(13)10-15-17(19(35)33(15)45(38,39)40)29-18(34)16(31-43-25(8,9)20(36)41-23(2,3)4)14-11-44-21(28-14)30-22(37)42-24(5,6)7/h11-12,15,17H,10H2,1-9H3,(H,29,34)(H,28,30,37)(H,38,39,40)/b31-16+/t15-,17+/m1/s1. The molecule has 0 unspecified atom stereocenters. The molecule has 3 amide bonds. The highest BCUT2D eigenvalue weighted by Crippen LogP contribution is 2.26. The third-order valence-corrected chi connectivity index (χ3v) is 7.40. The Morgan fingerprint density at radius 3 is 2.24 bits per heavy atom. The van der Waals surface area contributed by atoms with E-state index < -0.39 is 68.8 Å². The van der Waals surface area contributed by atoms with Gasteiger partial charge in [-0.05, 0) is 62.3 Å². The second kappa shape index (κ2) is 12.7. The van der Waals surface area contributed by atoms with Crippen molar-refractivity contribution in [2.24, 2.45) is 5.16 Å². The number of thiazole rings is 1. The SMILES string of the molecule is Cc1ncnn1C[C@@H]1[C@H](NC(=O)/C(=N/OC(C)(C)C(=O)OC(C)(C)C)c2csc(NC(=O)OC(C)(C)C)n2)C(=O)N1S(=O)(=O)O. The minimum atomic E-state index is -5.00. The van der Waals surface area contributed by atoms with Gasteiger partial charge in [0.25, 0.3) is 11.8 Å². The van der Waals surface area contributed by atoms with Crippen LogP contribution in [0.1, 0.15) is 66.9 Å². The highest BCUT2D eigenvalue weighted by atomic mass is 32.2. The van der Waals surface area contributed by atoms with Crippen LogP contribution in [0.4, 0.5) is 9.93 Å². The number of carbonyl (C=O) groups excluding carboxylic acids is 4. The van der Waals surface area contributed by atoms with Crippen LogP contribution in [-0.2, 0) is 45.5 Å². The molecule has 0 aliphatic carbocycles. The molecule has 2 atom stereocenters. The topological polar surface area (TPSA) is 234 Å². The summed E-state index contributed by atoms with van der Waals surface area (Å²) in [5.74, 6) is -2.61. The minimum Gasteiger partial charge on any atom is -0.457 e. The summed E-state index contributed by atoms with van der Waals surface area (Å²) >= 11 is 0.908. The Morgan fingerprint density at radius 1 is 1.09 bits per heavy atom. The van der Waals surface area contributed by atoms with Crippen molar-refractivity contribution in [1.82, 2.24) is 29.4 Å². The molecule has 248 valence electrons. The Morgan fingerprint density at radius 2 is 1.71 bits per heavy atom. The Hall–Kier alpha value is -4.17. The van der Waals surface area contributed by atoms with Crippen molar-refractivity contribution in [1.29, 1.82) is 0 Å². The first-order chi connectivity index (χ1) is 20.5. The van der Waals surface area contributed by atoms with E-state index in [4.69, 9.17) is 14.3 Å². The van der Waals surface area contributed by atoms with Crippen molar-refractivity contribution in [3.63, 3.8) is 0 Å². The summed E-state index contributed by atoms with van der Waals surface area (Å²) < 4.78 is 45.6. The maximum atomic E-state index is 13.6. The number of carbonyl (C=O) groups is 4. The number of ether oxygens (including phenoxy) is 2. The lowest BCUT2D eigenvalue weighted by Crippen LogP contribution is -2.73. The summed E-state index contributed by atoms with van der Waals surface area (Å²) in [6, 6.07) is -2.76. The summed E-state index contributed by atoms with van der Waals surface area (Å²) in [4.78, 5) is 65.0. The molecule has 18 nitrogen and oxygen atoms in total. The lowest BCUT2D eigenvalue weighted by Gasteiger charge is -2.44. The Labute approximate surface area is 263 Å². The molecule has 3 heterocycles. The van der Waals surface area contributed by atoms with E-state index in [2.05, 4.69) is 30.9 Å². The van der Waals surface area contributed by atoms with Crippen LogP contribution in [0.5, 0.6) is 0 Å². The first-order valence-corrected chi connectivity index (χ1v) is 15.7. The van der Waals surface area contributed by atoms with E-state index >= 15 is 0 Å². The van der Waals surface area contributed by atoms with Crippen molar-refractivity contribution >= 4 is 56.4 Å². The summed E-state index contributed by atoms with van der Waals surface area (Å²) in [7, 11) is -5.00. The molecule has 1 fully saturated rings. The van der Waals surface area contributed by atoms with Gasteiger partial charge in [0.1, 0.15) is 35.1 Å². The van der Waals surface area contributed by atoms with Gasteiger partial charge >= 0.3 is 22.4 Å². The number of amides is 3. The molecule has 2 aromatic heterocycles. The summed E-state index contributed by atoms with van der Waals surface area (Å²) in [6.07, 6.45) is 0.395. The van der Waals surface area contributed by atoms with E-state index in [1.54, 1.807) is 48.5 Å². The maximum absolute atomic E-state index is 13.6. The molecule has 3 N–H and O–H groups in total. The van der Waals surface area contributed by atoms with Gasteiger partial charge < -0.3 is 19.6 Å². The Balaban J connectivity index is 1.94. The molecule has 0 bridgehead atoms. The van der Waals surface area contributed by atoms with Gasteiger partial charge in [0.2, 0.25) is 5.60 Å². The first-order valence-electron chi connectivity index (χ1n) is 13.4. The molecule has 45 heavy (non-hydrogen) atoms. The van der Waals surface area contributed by atoms with E-state index in [1.807, 2.05) is 0 Å². The molecule has 1 aliphatic rings. The van der Waals surface area contributed by atoms with Crippen molar-refractivity contribution < 1.29 is 46.5 Å². The fourth-order valence-electron chi connectivity index (χ4n) is 3.66. The van der Waals surface area contributed by atoms with Crippen LogP contribution in [-0.4, -0.2) is 95.5 Å². The maximum Gasteiger partial charge on any atom is 0.413 e. The molecule has 0 saturated carbocycles. The number of nitrogens with one attached hydrogen (secondary N) is 2. The largest absolute Gasteiger partial charge is 0.457 e. The van der Waals surface area contributed by atoms with Gasteiger partial charge in [0.05, 0.1) is 12.6 Å². The van der Waals surface area contributed by atoms with Crippen molar-refractivity contribution in [2.75, 3.05) is 5.32 Å². The highest BCUT2D eigenvalue weighted by Gasteiger charge is 2.54. The van der Waals surface area contributed by atoms with Crippen LogP contribution >= 0.6 is 11.3 Å². The normalized spacial score (nSPS) is 17.8. The minimum absolute atomic E-state index is 0.0166. The van der Waals surface area contributed by atoms with Gasteiger partial charge in [-0.15, -0.1) is 11.3 Å². The lowest BCUT2D eigenvalue weighted by atomic mass is 9.98. The molecule has 0 spiro atoms. The Kier molecular flexibility index (Phi) is 9.95. The van der Waals surface area contributed by atoms with Gasteiger partial charge in [0.15, 0.2) is 10.8 Å². The predicted molar refractivity (Wildman–Crippen MR) is 158 cm³/mol. The van der Waals surface area contributed by atoms with E-state index in [1.165, 1.54) is 30.2 Å². The van der Waals surface area contributed by atoms with Crippen LogP contribution < -0.4 is 10.6 Å². The number of nitrogens with zero attached hydrogens (tertiary/aromatic N) is 6. The van der Waals surface area contributed by atoms with E-state index in [0.717, 1.165) is 11.3 Å². The summed E-state index contributed by atoms with van der Waals surface area (Å²) in [6.45, 7) is 14.0. The molecule has 0 radical (unpaired) electrons. The molecular weight excluding hydrogens is 636 g/mol. The van der Waals surface area contributed by atoms with Crippen LogP contribution in [0.3, 0.4) is 0 Å². The second-order valence-corrected chi connectivity index (χ2v) is 14.5. The van der Waals surface area contributed by atoms with Gasteiger partial charge in [-0.25, -0.2) is 28.5 Å². The zero-order valence-electron chi connectivity index (χ0n) is 26.1. The predicted octanol–water partition coefficient (Wildman–Crippen LogP) is 1.43. The number of hydrogen-bond acceptors (Lipinski definition) is 14. The summed E-state index contributed by atoms with van der Waals surface area (Å²) in [5.41, 5.74) is -4.03. The number of anilines is 1. The van der Waals surface area contributed by atoms with Crippen molar-refractivity contribution in [3.05, 3.63) is 23.2 Å². The number of hydrogen-bond donors (Lipinski definition) is 3. The third kappa shape index (κ3) is 9.17. The second-order valence-electron chi connectivity index (χ2n) is 12.3. The van der Waals surface area contributed by atoms with Crippen LogP contribution in [0.15, 0.2) is 16.9 Å². The third-order valence-electron chi connectivity index (χ3n) is 5.70. The van der Waals surface area contributed by atoms with Gasteiger partial charge in [-0.1, -0.05) is 5.16 Å². The van der Waals surface area contributed by atoms with E-state index in [9.17, 15) is 32.1 Å². The number of β-lactam (4-membered cyclic amide) rings is 1. The zero-order chi connectivity index (χ0) is 34.1. The van der Waals surface area contributed by atoms with E-state index in [0.29, 0.717) is 5.82 Å². The fourth-order valence-corrected chi connectivity index (χ4v) is 5.21. The smallest absolute Gasteiger partial charge is 0.413 e. The highest BCUT2D eigenvalue weighted by molar-refractivity contribution is 7.84. The summed E-state index contributed by atoms with van der Waals surface area (Å²) in [5, 5.41) is 14.0. The number of aryl methyl sites for hydroxylation is 1. The quantitative estimate of drug-likeness (QED) is 0.107. The first kappa shape index (κ1) is 35.3. The fraction of sp³-hybridized carbons (Fsp3) is 0.600. The molecule has 0 aromatic carbocycles.